The Morgan fingerprint density at radius 1 is 1.06 bits per heavy atom. The van der Waals surface area contributed by atoms with Gasteiger partial charge in [-0.15, -0.1) is 0 Å². The lowest BCUT2D eigenvalue weighted by Gasteiger charge is -2.32. The molecular weight excluding hydrogens is 497 g/mol. The standard InChI is InChI=1S/C28H23Cl2N3O3/c1-17-13-21(15-18-5-9-22(29)10-6-18)26-25(14-17)27(19-7-11-23(30)12-8-19)32(31-26)28(34)20-3-2-4-24(16-20)33(35)36/h2-12,15-17,25,27H,13-14H2,1H3/b21-15-. The maximum absolute atomic E-state index is 13.7. The van der Waals surface area contributed by atoms with Gasteiger partial charge >= 0.3 is 0 Å². The molecule has 1 heterocycles. The molecule has 36 heavy (non-hydrogen) atoms. The summed E-state index contributed by atoms with van der Waals surface area (Å²) >= 11 is 12.2. The van der Waals surface area contributed by atoms with Crippen LogP contribution in [0, 0.1) is 22.0 Å². The van der Waals surface area contributed by atoms with Crippen molar-refractivity contribution < 1.29 is 9.72 Å². The minimum absolute atomic E-state index is 0.0175. The van der Waals surface area contributed by atoms with Crippen molar-refractivity contribution in [3.8, 4) is 0 Å². The second-order valence-corrected chi connectivity index (χ2v) is 10.2. The summed E-state index contributed by atoms with van der Waals surface area (Å²) in [5, 5.41) is 19.0. The van der Waals surface area contributed by atoms with Crippen LogP contribution in [0.4, 0.5) is 5.69 Å². The van der Waals surface area contributed by atoms with Gasteiger partial charge in [0.25, 0.3) is 11.6 Å². The third-order valence-corrected chi connectivity index (χ3v) is 7.20. The van der Waals surface area contributed by atoms with Gasteiger partial charge in [-0.1, -0.05) is 60.5 Å². The Balaban J connectivity index is 1.60. The van der Waals surface area contributed by atoms with Gasteiger partial charge in [-0.25, -0.2) is 5.01 Å². The SMILES string of the molecule is CC1C/C(=C/c2ccc(Cl)cc2)C2=NN(C(=O)c3cccc([N+](=O)[O-])c3)C(c3ccc(Cl)cc3)C2C1. The number of amides is 1. The largest absolute Gasteiger partial charge is 0.274 e. The number of hydrogen-bond acceptors (Lipinski definition) is 4. The molecule has 1 aliphatic carbocycles. The zero-order valence-corrected chi connectivity index (χ0v) is 21.0. The Morgan fingerprint density at radius 3 is 2.39 bits per heavy atom. The number of benzene rings is 3. The summed E-state index contributed by atoms with van der Waals surface area (Å²) in [4.78, 5) is 24.6. The Morgan fingerprint density at radius 2 is 1.72 bits per heavy atom. The van der Waals surface area contributed by atoms with Crippen molar-refractivity contribution in [1.29, 1.82) is 0 Å². The number of non-ortho nitro benzene ring substituents is 1. The first-order valence-corrected chi connectivity index (χ1v) is 12.4. The summed E-state index contributed by atoms with van der Waals surface area (Å²) in [6.07, 6.45) is 3.81. The first-order chi connectivity index (χ1) is 17.3. The molecule has 6 nitrogen and oxygen atoms in total. The van der Waals surface area contributed by atoms with Gasteiger partial charge in [-0.05, 0) is 71.9 Å². The first-order valence-electron chi connectivity index (χ1n) is 11.7. The zero-order valence-electron chi connectivity index (χ0n) is 19.5. The Kier molecular flexibility index (Phi) is 6.65. The summed E-state index contributed by atoms with van der Waals surface area (Å²) in [7, 11) is 0. The van der Waals surface area contributed by atoms with Crippen LogP contribution in [0.25, 0.3) is 6.08 Å². The van der Waals surface area contributed by atoms with Gasteiger partial charge in [0.05, 0.1) is 16.7 Å². The summed E-state index contributed by atoms with van der Waals surface area (Å²) in [6.45, 7) is 2.20. The molecule has 5 rings (SSSR count). The topological polar surface area (TPSA) is 75.8 Å². The number of hydrogen-bond donors (Lipinski definition) is 0. The minimum Gasteiger partial charge on any atom is -0.267 e. The van der Waals surface area contributed by atoms with Gasteiger partial charge in [0, 0.05) is 33.7 Å². The fourth-order valence-corrected chi connectivity index (χ4v) is 5.35. The van der Waals surface area contributed by atoms with E-state index in [0.29, 0.717) is 16.0 Å². The number of nitro benzene ring substituents is 1. The Bertz CT molecular complexity index is 1380. The zero-order chi connectivity index (χ0) is 25.4. The second-order valence-electron chi connectivity index (χ2n) is 9.31. The quantitative estimate of drug-likeness (QED) is 0.263. The van der Waals surface area contributed by atoms with Crippen molar-refractivity contribution in [3.05, 3.63) is 115 Å². The third-order valence-electron chi connectivity index (χ3n) is 6.70. The molecule has 0 bridgehead atoms. The van der Waals surface area contributed by atoms with E-state index in [2.05, 4.69) is 13.0 Å². The number of nitrogens with zero attached hydrogens (tertiary/aromatic N) is 3. The van der Waals surface area contributed by atoms with Gasteiger partial charge in [-0.3, -0.25) is 14.9 Å². The Hall–Kier alpha value is -3.48. The number of fused-ring (bicyclic) bond motifs is 1. The van der Waals surface area contributed by atoms with Crippen molar-refractivity contribution in [2.45, 2.75) is 25.8 Å². The maximum atomic E-state index is 13.7. The Labute approximate surface area is 219 Å². The number of allylic oxidation sites excluding steroid dienone is 1. The van der Waals surface area contributed by atoms with Gasteiger partial charge in [0.15, 0.2) is 0 Å². The van der Waals surface area contributed by atoms with E-state index in [-0.39, 0.29) is 29.1 Å². The molecule has 0 aromatic heterocycles. The van der Waals surface area contributed by atoms with Crippen molar-refractivity contribution in [3.63, 3.8) is 0 Å². The number of carbonyl (C=O) groups excluding carboxylic acids is 1. The van der Waals surface area contributed by atoms with E-state index in [4.69, 9.17) is 28.3 Å². The average molecular weight is 520 g/mol. The lowest BCUT2D eigenvalue weighted by atomic mass is 9.73. The van der Waals surface area contributed by atoms with Crippen LogP contribution >= 0.6 is 23.2 Å². The highest BCUT2D eigenvalue weighted by atomic mass is 35.5. The number of carbonyl (C=O) groups is 1. The number of rotatable bonds is 4. The van der Waals surface area contributed by atoms with E-state index in [1.54, 1.807) is 6.07 Å². The fourth-order valence-electron chi connectivity index (χ4n) is 5.10. The van der Waals surface area contributed by atoms with Gasteiger partial charge < -0.3 is 0 Å². The molecular formula is C28H23Cl2N3O3. The van der Waals surface area contributed by atoms with Crippen LogP contribution < -0.4 is 0 Å². The molecule has 3 aromatic rings. The molecule has 1 aliphatic heterocycles. The summed E-state index contributed by atoms with van der Waals surface area (Å²) in [5.74, 6) is -0.00895. The van der Waals surface area contributed by atoms with E-state index in [9.17, 15) is 14.9 Å². The van der Waals surface area contributed by atoms with Gasteiger partial charge in [-0.2, -0.15) is 5.10 Å². The number of hydrazone groups is 1. The highest BCUT2D eigenvalue weighted by Crippen LogP contribution is 2.46. The molecule has 0 radical (unpaired) electrons. The number of halogens is 2. The van der Waals surface area contributed by atoms with Crippen molar-refractivity contribution in [1.82, 2.24) is 5.01 Å². The van der Waals surface area contributed by atoms with Crippen molar-refractivity contribution >= 4 is 46.6 Å². The lowest BCUT2D eigenvalue weighted by Crippen LogP contribution is -2.33. The van der Waals surface area contributed by atoms with Crippen molar-refractivity contribution in [2.24, 2.45) is 16.9 Å². The van der Waals surface area contributed by atoms with E-state index in [0.717, 1.165) is 35.3 Å². The van der Waals surface area contributed by atoms with Crippen LogP contribution in [0.5, 0.6) is 0 Å². The van der Waals surface area contributed by atoms with Gasteiger partial charge in [0.1, 0.15) is 0 Å². The molecule has 0 saturated heterocycles. The molecule has 0 N–H and O–H groups in total. The van der Waals surface area contributed by atoms with E-state index in [1.807, 2.05) is 48.5 Å². The average Bonchev–Trinajstić information content (AvgIpc) is 3.25. The van der Waals surface area contributed by atoms with Crippen LogP contribution in [0.2, 0.25) is 10.0 Å². The molecule has 3 aromatic carbocycles. The van der Waals surface area contributed by atoms with Crippen LogP contribution in [0.15, 0.2) is 83.5 Å². The smallest absolute Gasteiger partial charge is 0.267 e. The summed E-state index contributed by atoms with van der Waals surface area (Å²) in [5.41, 5.74) is 3.97. The van der Waals surface area contributed by atoms with Crippen LogP contribution in [-0.2, 0) is 0 Å². The number of nitro groups is 1. The maximum Gasteiger partial charge on any atom is 0.274 e. The minimum atomic E-state index is -0.502. The van der Waals surface area contributed by atoms with Crippen LogP contribution in [0.1, 0.15) is 47.3 Å². The van der Waals surface area contributed by atoms with Crippen LogP contribution in [0.3, 0.4) is 0 Å². The molecule has 3 unspecified atom stereocenters. The normalized spacial score (nSPS) is 22.3. The second kappa shape index (κ2) is 9.88. The fraction of sp³-hybridized carbons (Fsp3) is 0.214. The molecule has 182 valence electrons. The third kappa shape index (κ3) is 4.79. The highest BCUT2D eigenvalue weighted by Gasteiger charge is 2.45. The molecule has 0 spiro atoms. The predicted molar refractivity (Wildman–Crippen MR) is 142 cm³/mol. The van der Waals surface area contributed by atoms with Crippen molar-refractivity contribution in [2.75, 3.05) is 0 Å². The van der Waals surface area contributed by atoms with E-state index in [1.165, 1.54) is 23.2 Å². The molecule has 8 heteroatoms. The van der Waals surface area contributed by atoms with Gasteiger partial charge in [0.2, 0.25) is 0 Å². The van der Waals surface area contributed by atoms with E-state index >= 15 is 0 Å². The summed E-state index contributed by atoms with van der Waals surface area (Å²) in [6, 6.07) is 20.5. The first kappa shape index (κ1) is 24.2. The predicted octanol–water partition coefficient (Wildman–Crippen LogP) is 7.58. The molecule has 1 amide bonds. The van der Waals surface area contributed by atoms with E-state index < -0.39 is 4.92 Å². The molecule has 1 fully saturated rings. The lowest BCUT2D eigenvalue weighted by molar-refractivity contribution is -0.384. The monoisotopic (exact) mass is 519 g/mol. The molecule has 3 atom stereocenters. The highest BCUT2D eigenvalue weighted by molar-refractivity contribution is 6.30. The molecule has 2 aliphatic rings. The summed E-state index contributed by atoms with van der Waals surface area (Å²) < 4.78 is 0. The molecule has 1 saturated carbocycles. The van der Waals surface area contributed by atoms with Crippen LogP contribution in [-0.4, -0.2) is 21.6 Å².